The lowest BCUT2D eigenvalue weighted by Gasteiger charge is -2.16. The Kier molecular flexibility index (Phi) is 6.45. The summed E-state index contributed by atoms with van der Waals surface area (Å²) in [5.41, 5.74) is 3.14. The standard InChI is InChI=1S/C14H24N2O2S/c1-10-8-16-13(12(3)14(10)18-4)9-15-11(2)6-7-19(5)17/h8,11,15H,6-7,9H2,1-5H3. The molecule has 0 bridgehead atoms. The molecule has 2 unspecified atom stereocenters. The maximum absolute atomic E-state index is 11.1. The summed E-state index contributed by atoms with van der Waals surface area (Å²) in [6.07, 6.45) is 4.49. The van der Waals surface area contributed by atoms with Gasteiger partial charge in [0.2, 0.25) is 0 Å². The summed E-state index contributed by atoms with van der Waals surface area (Å²) >= 11 is 0. The molecule has 0 saturated heterocycles. The van der Waals surface area contributed by atoms with E-state index in [-0.39, 0.29) is 0 Å². The molecule has 4 nitrogen and oxygen atoms in total. The Morgan fingerprint density at radius 3 is 2.74 bits per heavy atom. The zero-order chi connectivity index (χ0) is 14.4. The first-order valence-electron chi connectivity index (χ1n) is 6.48. The highest BCUT2D eigenvalue weighted by atomic mass is 32.2. The molecule has 0 fully saturated rings. The Morgan fingerprint density at radius 2 is 2.16 bits per heavy atom. The fraction of sp³-hybridized carbons (Fsp3) is 0.643. The molecular weight excluding hydrogens is 260 g/mol. The molecule has 1 rings (SSSR count). The topological polar surface area (TPSA) is 51.2 Å². The molecule has 19 heavy (non-hydrogen) atoms. The summed E-state index contributed by atoms with van der Waals surface area (Å²) in [6.45, 7) is 6.84. The summed E-state index contributed by atoms with van der Waals surface area (Å²) in [6, 6.07) is 0.331. The number of rotatable bonds is 7. The van der Waals surface area contributed by atoms with Gasteiger partial charge in [0.1, 0.15) is 5.75 Å². The van der Waals surface area contributed by atoms with E-state index in [4.69, 9.17) is 4.74 Å². The molecule has 0 spiro atoms. The van der Waals surface area contributed by atoms with Crippen molar-refractivity contribution in [1.29, 1.82) is 0 Å². The Labute approximate surface area is 118 Å². The Morgan fingerprint density at radius 1 is 1.47 bits per heavy atom. The van der Waals surface area contributed by atoms with Crippen molar-refractivity contribution >= 4 is 10.8 Å². The highest BCUT2D eigenvalue weighted by molar-refractivity contribution is 7.84. The number of nitrogens with zero attached hydrogens (tertiary/aromatic N) is 1. The van der Waals surface area contributed by atoms with Gasteiger partial charge in [-0.3, -0.25) is 9.19 Å². The lowest BCUT2D eigenvalue weighted by molar-refractivity contribution is 0.406. The molecule has 1 aromatic rings. The van der Waals surface area contributed by atoms with Crippen LogP contribution in [0.4, 0.5) is 0 Å². The molecular formula is C14H24N2O2S. The second-order valence-corrected chi connectivity index (χ2v) is 6.45. The summed E-state index contributed by atoms with van der Waals surface area (Å²) in [5, 5.41) is 3.41. The van der Waals surface area contributed by atoms with E-state index in [1.807, 2.05) is 20.0 Å². The van der Waals surface area contributed by atoms with Gasteiger partial charge in [0.05, 0.1) is 12.8 Å². The minimum Gasteiger partial charge on any atom is -0.496 e. The third-order valence-electron chi connectivity index (χ3n) is 3.21. The van der Waals surface area contributed by atoms with E-state index in [2.05, 4.69) is 17.2 Å². The summed E-state index contributed by atoms with van der Waals surface area (Å²) in [7, 11) is 0.964. The fourth-order valence-corrected chi connectivity index (χ4v) is 2.65. The molecule has 2 atom stereocenters. The SMILES string of the molecule is COc1c(C)cnc(CNC(C)CCS(C)=O)c1C. The predicted octanol–water partition coefficient (Wildman–Crippen LogP) is 1.95. The van der Waals surface area contributed by atoms with E-state index in [9.17, 15) is 4.21 Å². The van der Waals surface area contributed by atoms with E-state index >= 15 is 0 Å². The van der Waals surface area contributed by atoms with Crippen molar-refractivity contribution in [2.75, 3.05) is 19.1 Å². The van der Waals surface area contributed by atoms with Crippen LogP contribution >= 0.6 is 0 Å². The smallest absolute Gasteiger partial charge is 0.128 e. The Bertz CT molecular complexity index is 449. The van der Waals surface area contributed by atoms with Crippen molar-refractivity contribution in [3.63, 3.8) is 0 Å². The number of ether oxygens (including phenoxy) is 1. The second-order valence-electron chi connectivity index (χ2n) is 4.89. The molecule has 0 aliphatic rings. The summed E-state index contributed by atoms with van der Waals surface area (Å²) in [4.78, 5) is 4.45. The first kappa shape index (κ1) is 16.1. The molecule has 0 saturated carbocycles. The molecule has 1 heterocycles. The van der Waals surface area contributed by atoms with Crippen molar-refractivity contribution in [1.82, 2.24) is 10.3 Å². The first-order chi connectivity index (χ1) is 8.95. The molecule has 108 valence electrons. The minimum atomic E-state index is -0.722. The lowest BCUT2D eigenvalue weighted by Crippen LogP contribution is -2.27. The van der Waals surface area contributed by atoms with Gasteiger partial charge in [0.25, 0.3) is 0 Å². The quantitative estimate of drug-likeness (QED) is 0.831. The van der Waals surface area contributed by atoms with Gasteiger partial charge >= 0.3 is 0 Å². The molecule has 0 aromatic carbocycles. The lowest BCUT2D eigenvalue weighted by atomic mass is 10.1. The molecule has 5 heteroatoms. The van der Waals surface area contributed by atoms with E-state index in [1.165, 1.54) is 0 Å². The molecule has 1 N–H and O–H groups in total. The van der Waals surface area contributed by atoms with Gasteiger partial charge in [-0.25, -0.2) is 0 Å². The van der Waals surface area contributed by atoms with Gasteiger partial charge in [-0.1, -0.05) is 0 Å². The van der Waals surface area contributed by atoms with Crippen LogP contribution in [0.25, 0.3) is 0 Å². The second kappa shape index (κ2) is 7.60. The van der Waals surface area contributed by atoms with Crippen LogP contribution in [-0.2, 0) is 17.3 Å². The van der Waals surface area contributed by atoms with Crippen molar-refractivity contribution in [3.05, 3.63) is 23.0 Å². The number of aryl methyl sites for hydroxylation is 1. The van der Waals surface area contributed by atoms with Crippen LogP contribution < -0.4 is 10.1 Å². The summed E-state index contributed by atoms with van der Waals surface area (Å²) in [5.74, 6) is 1.65. The average molecular weight is 284 g/mol. The van der Waals surface area contributed by atoms with Crippen molar-refractivity contribution < 1.29 is 8.95 Å². The van der Waals surface area contributed by atoms with Crippen molar-refractivity contribution in [3.8, 4) is 5.75 Å². The highest BCUT2D eigenvalue weighted by Crippen LogP contribution is 2.23. The largest absolute Gasteiger partial charge is 0.496 e. The number of nitrogens with one attached hydrogen (secondary N) is 1. The number of methoxy groups -OCH3 is 1. The van der Waals surface area contributed by atoms with Crippen LogP contribution in [0.15, 0.2) is 6.20 Å². The van der Waals surface area contributed by atoms with Crippen molar-refractivity contribution in [2.45, 2.75) is 39.8 Å². The van der Waals surface area contributed by atoms with Crippen LogP contribution in [0.1, 0.15) is 30.2 Å². The number of aromatic nitrogens is 1. The number of hydrogen-bond acceptors (Lipinski definition) is 4. The number of pyridine rings is 1. The van der Waals surface area contributed by atoms with Gasteiger partial charge in [-0.2, -0.15) is 0 Å². The van der Waals surface area contributed by atoms with E-state index in [0.717, 1.165) is 34.7 Å². The average Bonchev–Trinajstić information content (AvgIpc) is 2.36. The van der Waals surface area contributed by atoms with Crippen LogP contribution in [0.3, 0.4) is 0 Å². The fourth-order valence-electron chi connectivity index (χ4n) is 1.97. The normalized spacial score (nSPS) is 14.2. The Balaban J connectivity index is 2.60. The molecule has 0 amide bonds. The van der Waals surface area contributed by atoms with Gasteiger partial charge in [0.15, 0.2) is 0 Å². The van der Waals surface area contributed by atoms with E-state index in [0.29, 0.717) is 12.6 Å². The van der Waals surface area contributed by atoms with Gasteiger partial charge < -0.3 is 10.1 Å². The van der Waals surface area contributed by atoms with E-state index < -0.39 is 10.8 Å². The van der Waals surface area contributed by atoms with Crippen LogP contribution in [0.2, 0.25) is 0 Å². The minimum absolute atomic E-state index is 0.331. The number of hydrogen-bond donors (Lipinski definition) is 1. The van der Waals surface area contributed by atoms with Gasteiger partial charge in [0, 0.05) is 52.7 Å². The first-order valence-corrected chi connectivity index (χ1v) is 8.21. The maximum atomic E-state index is 11.1. The predicted molar refractivity (Wildman–Crippen MR) is 80.1 cm³/mol. The zero-order valence-electron chi connectivity index (χ0n) is 12.4. The molecule has 0 aliphatic heterocycles. The van der Waals surface area contributed by atoms with Crippen LogP contribution in [0.5, 0.6) is 5.75 Å². The monoisotopic (exact) mass is 284 g/mol. The third kappa shape index (κ3) is 4.91. The molecule has 0 radical (unpaired) electrons. The maximum Gasteiger partial charge on any atom is 0.128 e. The third-order valence-corrected chi connectivity index (χ3v) is 4.02. The molecule has 0 aliphatic carbocycles. The highest BCUT2D eigenvalue weighted by Gasteiger charge is 2.10. The van der Waals surface area contributed by atoms with Crippen LogP contribution in [0, 0.1) is 13.8 Å². The van der Waals surface area contributed by atoms with Gasteiger partial charge in [-0.05, 0) is 27.2 Å². The van der Waals surface area contributed by atoms with Crippen LogP contribution in [-0.4, -0.2) is 34.4 Å². The Hall–Kier alpha value is -0.940. The molecule has 1 aromatic heterocycles. The summed E-state index contributed by atoms with van der Waals surface area (Å²) < 4.78 is 16.4. The zero-order valence-corrected chi connectivity index (χ0v) is 13.3. The van der Waals surface area contributed by atoms with Gasteiger partial charge in [-0.15, -0.1) is 0 Å². The van der Waals surface area contributed by atoms with E-state index in [1.54, 1.807) is 13.4 Å². The van der Waals surface area contributed by atoms with Crippen molar-refractivity contribution in [2.24, 2.45) is 0 Å².